The molecule has 1 amide bonds. The molecule has 0 spiro atoms. The summed E-state index contributed by atoms with van der Waals surface area (Å²) in [5.74, 6) is 0.441. The number of carbonyl (C=O) groups is 1. The minimum atomic E-state index is -0.817. The number of primary amides is 1. The van der Waals surface area contributed by atoms with Crippen molar-refractivity contribution in [2.75, 3.05) is 5.73 Å². The number of aryl methyl sites for hydroxylation is 1. The Bertz CT molecular complexity index is 310. The van der Waals surface area contributed by atoms with E-state index >= 15 is 0 Å². The molecule has 1 rings (SSSR count). The van der Waals surface area contributed by atoms with Crippen LogP contribution in [-0.4, -0.2) is 6.09 Å². The lowest BCUT2D eigenvalue weighted by atomic mass is 10.2. The molecule has 12 heavy (non-hydrogen) atoms. The van der Waals surface area contributed by atoms with Crippen LogP contribution in [0.3, 0.4) is 0 Å². The van der Waals surface area contributed by atoms with Crippen LogP contribution in [0.4, 0.5) is 10.5 Å². The number of nitrogen functional groups attached to an aromatic ring is 1. The molecule has 1 aromatic rings. The Morgan fingerprint density at radius 3 is 2.67 bits per heavy atom. The topological polar surface area (TPSA) is 78.3 Å². The van der Waals surface area contributed by atoms with Gasteiger partial charge >= 0.3 is 6.09 Å². The molecule has 4 heteroatoms. The van der Waals surface area contributed by atoms with Crippen molar-refractivity contribution in [3.8, 4) is 5.75 Å². The molecule has 0 bridgehead atoms. The fourth-order valence-corrected chi connectivity index (χ4v) is 0.895. The van der Waals surface area contributed by atoms with Crippen LogP contribution in [0.15, 0.2) is 18.2 Å². The van der Waals surface area contributed by atoms with Gasteiger partial charge in [0.25, 0.3) is 0 Å². The summed E-state index contributed by atoms with van der Waals surface area (Å²) in [5, 5.41) is 0. The summed E-state index contributed by atoms with van der Waals surface area (Å²) in [6.07, 6.45) is -0.817. The monoisotopic (exact) mass is 166 g/mol. The number of benzene rings is 1. The highest BCUT2D eigenvalue weighted by Gasteiger charge is 2.02. The van der Waals surface area contributed by atoms with Gasteiger partial charge in [0.2, 0.25) is 0 Å². The third-order valence-corrected chi connectivity index (χ3v) is 1.41. The van der Waals surface area contributed by atoms with Crippen molar-refractivity contribution in [2.24, 2.45) is 5.73 Å². The van der Waals surface area contributed by atoms with Crippen molar-refractivity contribution in [1.29, 1.82) is 0 Å². The standard InChI is InChI=1S/C8H10N2O2/c1-5-4-6(9)2-3-7(5)12-8(10)11/h2-4H,9H2,1H3,(H2,10,11). The Hall–Kier alpha value is -1.71. The number of hydrogen-bond donors (Lipinski definition) is 2. The molecule has 0 saturated carbocycles. The zero-order valence-corrected chi connectivity index (χ0v) is 6.70. The van der Waals surface area contributed by atoms with Gasteiger partial charge in [0.1, 0.15) is 5.75 Å². The molecule has 0 radical (unpaired) electrons. The molecule has 4 N–H and O–H groups in total. The first-order valence-corrected chi connectivity index (χ1v) is 3.43. The van der Waals surface area contributed by atoms with E-state index in [1.807, 2.05) is 0 Å². The maximum atomic E-state index is 10.4. The molecular weight excluding hydrogens is 156 g/mol. The number of nitrogens with two attached hydrogens (primary N) is 2. The minimum Gasteiger partial charge on any atom is -0.410 e. The van der Waals surface area contributed by atoms with Gasteiger partial charge in [0, 0.05) is 5.69 Å². The smallest absolute Gasteiger partial charge is 0.409 e. The predicted molar refractivity (Wildman–Crippen MR) is 45.8 cm³/mol. The first-order valence-electron chi connectivity index (χ1n) is 3.43. The van der Waals surface area contributed by atoms with Crippen LogP contribution in [-0.2, 0) is 0 Å². The van der Waals surface area contributed by atoms with E-state index in [-0.39, 0.29) is 0 Å². The molecule has 0 heterocycles. The van der Waals surface area contributed by atoms with Gasteiger partial charge in [0.15, 0.2) is 0 Å². The molecule has 0 aromatic heterocycles. The van der Waals surface area contributed by atoms with Crippen LogP contribution in [0.5, 0.6) is 5.75 Å². The molecule has 0 aliphatic heterocycles. The molecule has 1 aromatic carbocycles. The van der Waals surface area contributed by atoms with Gasteiger partial charge in [-0.3, -0.25) is 0 Å². The number of hydrogen-bond acceptors (Lipinski definition) is 3. The zero-order chi connectivity index (χ0) is 9.14. The molecule has 0 atom stereocenters. The van der Waals surface area contributed by atoms with Crippen molar-refractivity contribution in [3.05, 3.63) is 23.8 Å². The largest absolute Gasteiger partial charge is 0.410 e. The zero-order valence-electron chi connectivity index (χ0n) is 6.70. The summed E-state index contributed by atoms with van der Waals surface area (Å²) in [7, 11) is 0. The normalized spacial score (nSPS) is 9.42. The molecule has 0 aliphatic carbocycles. The van der Waals surface area contributed by atoms with Gasteiger partial charge in [-0.25, -0.2) is 4.79 Å². The van der Waals surface area contributed by atoms with E-state index in [9.17, 15) is 4.79 Å². The number of amides is 1. The average molecular weight is 166 g/mol. The highest BCUT2D eigenvalue weighted by Crippen LogP contribution is 2.19. The van der Waals surface area contributed by atoms with Crippen molar-refractivity contribution in [1.82, 2.24) is 0 Å². The second-order valence-corrected chi connectivity index (χ2v) is 2.45. The summed E-state index contributed by atoms with van der Waals surface area (Å²) in [6.45, 7) is 1.79. The highest BCUT2D eigenvalue weighted by molar-refractivity contribution is 5.69. The summed E-state index contributed by atoms with van der Waals surface area (Å²) in [4.78, 5) is 10.4. The van der Waals surface area contributed by atoms with Gasteiger partial charge in [0.05, 0.1) is 0 Å². The Kier molecular flexibility index (Phi) is 2.19. The van der Waals surface area contributed by atoms with Gasteiger partial charge < -0.3 is 16.2 Å². The molecule has 64 valence electrons. The summed E-state index contributed by atoms with van der Waals surface area (Å²) in [5.41, 5.74) is 11.7. The number of rotatable bonds is 1. The lowest BCUT2D eigenvalue weighted by Crippen LogP contribution is -2.16. The SMILES string of the molecule is Cc1cc(N)ccc1OC(N)=O. The van der Waals surface area contributed by atoms with Crippen LogP contribution in [0.25, 0.3) is 0 Å². The molecule has 0 fully saturated rings. The van der Waals surface area contributed by atoms with Crippen molar-refractivity contribution in [3.63, 3.8) is 0 Å². The van der Waals surface area contributed by atoms with Gasteiger partial charge in [-0.2, -0.15) is 0 Å². The predicted octanol–water partition coefficient (Wildman–Crippen LogP) is 1.03. The Balaban J connectivity index is 2.93. The highest BCUT2D eigenvalue weighted by atomic mass is 16.5. The first kappa shape index (κ1) is 8.39. The summed E-state index contributed by atoms with van der Waals surface area (Å²) < 4.78 is 4.68. The fourth-order valence-electron chi connectivity index (χ4n) is 0.895. The minimum absolute atomic E-state index is 0.441. The fraction of sp³-hybridized carbons (Fsp3) is 0.125. The van der Waals surface area contributed by atoms with E-state index in [0.29, 0.717) is 11.4 Å². The lowest BCUT2D eigenvalue weighted by Gasteiger charge is -2.04. The second-order valence-electron chi connectivity index (χ2n) is 2.45. The van der Waals surface area contributed by atoms with Crippen LogP contribution in [0.2, 0.25) is 0 Å². The Labute approximate surface area is 70.1 Å². The van der Waals surface area contributed by atoms with E-state index in [2.05, 4.69) is 4.74 Å². The van der Waals surface area contributed by atoms with Crippen molar-refractivity contribution < 1.29 is 9.53 Å². The summed E-state index contributed by atoms with van der Waals surface area (Å²) in [6, 6.07) is 4.96. The molecule has 0 aliphatic rings. The van der Waals surface area contributed by atoms with E-state index < -0.39 is 6.09 Å². The quantitative estimate of drug-likeness (QED) is 0.611. The van der Waals surface area contributed by atoms with E-state index in [0.717, 1.165) is 5.56 Å². The molecule has 0 unspecified atom stereocenters. The molecule has 0 saturated heterocycles. The maximum Gasteiger partial charge on any atom is 0.409 e. The Morgan fingerprint density at radius 1 is 1.50 bits per heavy atom. The molecular formula is C8H10N2O2. The summed E-state index contributed by atoms with van der Waals surface area (Å²) >= 11 is 0. The Morgan fingerprint density at radius 2 is 2.17 bits per heavy atom. The third-order valence-electron chi connectivity index (χ3n) is 1.41. The van der Waals surface area contributed by atoms with Gasteiger partial charge in [-0.15, -0.1) is 0 Å². The number of carbonyl (C=O) groups excluding carboxylic acids is 1. The number of anilines is 1. The van der Waals surface area contributed by atoms with E-state index in [4.69, 9.17) is 11.5 Å². The van der Waals surface area contributed by atoms with Crippen LogP contribution in [0.1, 0.15) is 5.56 Å². The lowest BCUT2D eigenvalue weighted by molar-refractivity contribution is 0.210. The van der Waals surface area contributed by atoms with Crippen LogP contribution >= 0.6 is 0 Å². The maximum absolute atomic E-state index is 10.4. The van der Waals surface area contributed by atoms with E-state index in [1.54, 1.807) is 25.1 Å². The van der Waals surface area contributed by atoms with Gasteiger partial charge in [-0.05, 0) is 30.7 Å². The molecule has 4 nitrogen and oxygen atoms in total. The second kappa shape index (κ2) is 3.13. The number of ether oxygens (including phenoxy) is 1. The average Bonchev–Trinajstić information content (AvgIpc) is 1.94. The van der Waals surface area contributed by atoms with Gasteiger partial charge in [-0.1, -0.05) is 0 Å². The van der Waals surface area contributed by atoms with E-state index in [1.165, 1.54) is 0 Å². The van der Waals surface area contributed by atoms with Crippen molar-refractivity contribution >= 4 is 11.8 Å². The van der Waals surface area contributed by atoms with Crippen molar-refractivity contribution in [2.45, 2.75) is 6.92 Å². The van der Waals surface area contributed by atoms with Crippen LogP contribution in [0, 0.1) is 6.92 Å². The third kappa shape index (κ3) is 1.88. The van der Waals surface area contributed by atoms with Crippen LogP contribution < -0.4 is 16.2 Å². The first-order chi connectivity index (χ1) is 5.59.